The molecule has 2 rings (SSSR count). The van der Waals surface area contributed by atoms with Gasteiger partial charge >= 0.3 is 0 Å². The molecule has 1 fully saturated rings. The highest BCUT2D eigenvalue weighted by Crippen LogP contribution is 2.19. The van der Waals surface area contributed by atoms with Crippen LogP contribution in [0.15, 0.2) is 0 Å². The standard InChI is InChI=1S/C10H18N4/c1-2-5-9-12-10(14-13-9)8-6-3-4-7-11-8/h8,11H,2-7H2,1H3,(H,12,13,14)/t8-/m1/s1. The summed E-state index contributed by atoms with van der Waals surface area (Å²) < 4.78 is 0. The smallest absolute Gasteiger partial charge is 0.167 e. The molecule has 0 aliphatic carbocycles. The second kappa shape index (κ2) is 4.55. The van der Waals surface area contributed by atoms with Gasteiger partial charge in [-0.25, -0.2) is 4.98 Å². The lowest BCUT2D eigenvalue weighted by molar-refractivity contribution is 0.398. The molecule has 1 aliphatic rings. The predicted octanol–water partition coefficient (Wildman–Crippen LogP) is 1.57. The van der Waals surface area contributed by atoms with Gasteiger partial charge in [-0.1, -0.05) is 13.3 Å². The molecule has 4 nitrogen and oxygen atoms in total. The number of nitrogens with zero attached hydrogens (tertiary/aromatic N) is 2. The number of piperidine rings is 1. The molecule has 1 aliphatic heterocycles. The SMILES string of the molecule is CCCc1nc([C@H]2CCCCN2)n[nH]1. The zero-order valence-corrected chi connectivity index (χ0v) is 8.71. The van der Waals surface area contributed by atoms with Gasteiger partial charge in [0.1, 0.15) is 5.82 Å². The lowest BCUT2D eigenvalue weighted by atomic mass is 10.0. The summed E-state index contributed by atoms with van der Waals surface area (Å²) in [5.74, 6) is 1.98. The van der Waals surface area contributed by atoms with E-state index in [1.54, 1.807) is 0 Å². The highest BCUT2D eigenvalue weighted by Gasteiger charge is 2.18. The fourth-order valence-electron chi connectivity index (χ4n) is 1.89. The molecule has 1 aromatic heterocycles. The minimum atomic E-state index is 0.380. The van der Waals surface area contributed by atoms with Crippen LogP contribution in [0.1, 0.15) is 50.3 Å². The summed E-state index contributed by atoms with van der Waals surface area (Å²) in [6, 6.07) is 0.380. The first-order valence-corrected chi connectivity index (χ1v) is 5.54. The Morgan fingerprint density at radius 2 is 2.36 bits per heavy atom. The van der Waals surface area contributed by atoms with Crippen LogP contribution < -0.4 is 5.32 Å². The van der Waals surface area contributed by atoms with Crippen LogP contribution >= 0.6 is 0 Å². The van der Waals surface area contributed by atoms with Crippen molar-refractivity contribution in [1.82, 2.24) is 20.5 Å². The van der Waals surface area contributed by atoms with E-state index in [1.165, 1.54) is 19.3 Å². The Bertz CT molecular complexity index is 275. The van der Waals surface area contributed by atoms with Gasteiger partial charge in [-0.2, -0.15) is 5.10 Å². The van der Waals surface area contributed by atoms with Crippen LogP contribution in [0.4, 0.5) is 0 Å². The lowest BCUT2D eigenvalue weighted by Gasteiger charge is -2.20. The Morgan fingerprint density at radius 3 is 3.07 bits per heavy atom. The fraction of sp³-hybridized carbons (Fsp3) is 0.800. The maximum Gasteiger partial charge on any atom is 0.167 e. The molecular formula is C10H18N4. The van der Waals surface area contributed by atoms with Crippen LogP contribution in [-0.4, -0.2) is 21.7 Å². The van der Waals surface area contributed by atoms with Crippen molar-refractivity contribution >= 4 is 0 Å². The third-order valence-corrected chi connectivity index (χ3v) is 2.66. The fourth-order valence-corrected chi connectivity index (χ4v) is 1.89. The molecule has 78 valence electrons. The summed E-state index contributed by atoms with van der Waals surface area (Å²) in [5.41, 5.74) is 0. The van der Waals surface area contributed by atoms with E-state index in [0.717, 1.165) is 31.0 Å². The molecule has 1 atom stereocenters. The Balaban J connectivity index is 2.00. The lowest BCUT2D eigenvalue weighted by Crippen LogP contribution is -2.27. The highest BCUT2D eigenvalue weighted by molar-refractivity contribution is 4.98. The normalized spacial score (nSPS) is 22.5. The minimum Gasteiger partial charge on any atom is -0.307 e. The molecule has 14 heavy (non-hydrogen) atoms. The minimum absolute atomic E-state index is 0.380. The second-order valence-electron chi connectivity index (χ2n) is 3.89. The number of aromatic nitrogens is 3. The Labute approximate surface area is 84.5 Å². The van der Waals surface area contributed by atoms with Crippen LogP contribution in [-0.2, 0) is 6.42 Å². The van der Waals surface area contributed by atoms with Crippen molar-refractivity contribution in [2.45, 2.75) is 45.1 Å². The molecule has 0 radical (unpaired) electrons. The van der Waals surface area contributed by atoms with Gasteiger partial charge < -0.3 is 5.32 Å². The summed E-state index contributed by atoms with van der Waals surface area (Å²) in [4.78, 5) is 4.49. The van der Waals surface area contributed by atoms with Crippen molar-refractivity contribution in [3.05, 3.63) is 11.6 Å². The van der Waals surface area contributed by atoms with Crippen LogP contribution in [0.5, 0.6) is 0 Å². The molecule has 2 heterocycles. The predicted molar refractivity (Wildman–Crippen MR) is 55.0 cm³/mol. The van der Waals surface area contributed by atoms with Crippen LogP contribution in [0, 0.1) is 0 Å². The van der Waals surface area contributed by atoms with Crippen LogP contribution in [0.25, 0.3) is 0 Å². The Morgan fingerprint density at radius 1 is 1.43 bits per heavy atom. The molecule has 0 aromatic carbocycles. The van der Waals surface area contributed by atoms with E-state index in [4.69, 9.17) is 0 Å². The molecule has 0 bridgehead atoms. The topological polar surface area (TPSA) is 53.6 Å². The summed E-state index contributed by atoms with van der Waals surface area (Å²) in [6.45, 7) is 3.25. The molecule has 1 aromatic rings. The molecule has 2 N–H and O–H groups in total. The Kier molecular flexibility index (Phi) is 3.14. The number of rotatable bonds is 3. The van der Waals surface area contributed by atoms with Gasteiger partial charge in [0.2, 0.25) is 0 Å². The number of hydrogen-bond donors (Lipinski definition) is 2. The number of nitrogens with one attached hydrogen (secondary N) is 2. The van der Waals surface area contributed by atoms with E-state index in [1.807, 2.05) is 0 Å². The Hall–Kier alpha value is -0.900. The third kappa shape index (κ3) is 2.12. The molecule has 0 saturated carbocycles. The largest absolute Gasteiger partial charge is 0.307 e. The second-order valence-corrected chi connectivity index (χ2v) is 3.89. The first kappa shape index (κ1) is 9.65. The van der Waals surface area contributed by atoms with E-state index >= 15 is 0 Å². The van der Waals surface area contributed by atoms with Gasteiger partial charge in [-0.3, -0.25) is 5.10 Å². The molecule has 0 unspecified atom stereocenters. The van der Waals surface area contributed by atoms with Gasteiger partial charge in [-0.15, -0.1) is 0 Å². The van der Waals surface area contributed by atoms with E-state index in [9.17, 15) is 0 Å². The van der Waals surface area contributed by atoms with Crippen molar-refractivity contribution in [3.63, 3.8) is 0 Å². The third-order valence-electron chi connectivity index (χ3n) is 2.66. The summed E-state index contributed by atoms with van der Waals surface area (Å²) in [6.07, 6.45) is 5.86. The van der Waals surface area contributed by atoms with Crippen molar-refractivity contribution in [2.24, 2.45) is 0 Å². The van der Waals surface area contributed by atoms with Crippen LogP contribution in [0.3, 0.4) is 0 Å². The zero-order valence-electron chi connectivity index (χ0n) is 8.71. The number of aryl methyl sites for hydroxylation is 1. The van der Waals surface area contributed by atoms with Crippen molar-refractivity contribution in [1.29, 1.82) is 0 Å². The van der Waals surface area contributed by atoms with E-state index in [-0.39, 0.29) is 0 Å². The van der Waals surface area contributed by atoms with Crippen molar-refractivity contribution in [3.8, 4) is 0 Å². The van der Waals surface area contributed by atoms with Gasteiger partial charge in [0.15, 0.2) is 5.82 Å². The maximum atomic E-state index is 4.49. The summed E-state index contributed by atoms with van der Waals surface area (Å²) >= 11 is 0. The van der Waals surface area contributed by atoms with E-state index in [2.05, 4.69) is 27.4 Å². The number of hydrogen-bond acceptors (Lipinski definition) is 3. The molecule has 0 spiro atoms. The van der Waals surface area contributed by atoms with Crippen molar-refractivity contribution in [2.75, 3.05) is 6.54 Å². The van der Waals surface area contributed by atoms with Gasteiger partial charge in [-0.05, 0) is 25.8 Å². The molecule has 0 amide bonds. The highest BCUT2D eigenvalue weighted by atomic mass is 15.2. The number of aromatic amines is 1. The van der Waals surface area contributed by atoms with Gasteiger partial charge in [0.05, 0.1) is 6.04 Å². The molecule has 1 saturated heterocycles. The summed E-state index contributed by atoms with van der Waals surface area (Å²) in [7, 11) is 0. The first-order chi connectivity index (χ1) is 6.90. The molecule has 4 heteroatoms. The van der Waals surface area contributed by atoms with Gasteiger partial charge in [0.25, 0.3) is 0 Å². The molecular weight excluding hydrogens is 176 g/mol. The average molecular weight is 194 g/mol. The van der Waals surface area contributed by atoms with Gasteiger partial charge in [0, 0.05) is 6.42 Å². The van der Waals surface area contributed by atoms with Crippen LogP contribution in [0.2, 0.25) is 0 Å². The monoisotopic (exact) mass is 194 g/mol. The zero-order chi connectivity index (χ0) is 9.80. The van der Waals surface area contributed by atoms with E-state index < -0.39 is 0 Å². The average Bonchev–Trinajstić information content (AvgIpc) is 2.68. The van der Waals surface area contributed by atoms with Crippen molar-refractivity contribution < 1.29 is 0 Å². The quantitative estimate of drug-likeness (QED) is 0.768. The number of H-pyrrole nitrogens is 1. The summed E-state index contributed by atoms with van der Waals surface area (Å²) in [5, 5.41) is 10.7. The first-order valence-electron chi connectivity index (χ1n) is 5.54. The maximum absolute atomic E-state index is 4.49. The van der Waals surface area contributed by atoms with E-state index in [0.29, 0.717) is 6.04 Å².